The molecule has 1 atom stereocenters. The molecule has 2 N–H and O–H groups in total. The Kier molecular flexibility index (Phi) is 10.5. The molecule has 0 aromatic heterocycles. The van der Waals surface area contributed by atoms with Gasteiger partial charge in [-0.15, -0.1) is 0 Å². The van der Waals surface area contributed by atoms with Gasteiger partial charge < -0.3 is 25.0 Å². The highest BCUT2D eigenvalue weighted by molar-refractivity contribution is 5.93. The van der Waals surface area contributed by atoms with Gasteiger partial charge in [-0.2, -0.15) is 0 Å². The summed E-state index contributed by atoms with van der Waals surface area (Å²) in [5, 5.41) is 6.69. The first-order chi connectivity index (χ1) is 17.9. The molecule has 1 unspecified atom stereocenters. The Morgan fingerprint density at radius 3 is 2.37 bits per heavy atom. The molecule has 8 heteroatoms. The molecule has 8 nitrogen and oxygen atoms in total. The number of nitrogens with one attached hydrogen (secondary N) is 2. The zero-order valence-electron chi connectivity index (χ0n) is 24.3. The van der Waals surface area contributed by atoms with E-state index < -0.39 is 5.60 Å². The van der Waals surface area contributed by atoms with Gasteiger partial charge in [-0.05, 0) is 91.0 Å². The summed E-state index contributed by atoms with van der Waals surface area (Å²) in [6, 6.07) is 4.22. The maximum atomic E-state index is 12.5. The lowest BCUT2D eigenvalue weighted by atomic mass is 9.82. The Bertz CT molecular complexity index is 1020. The minimum atomic E-state index is -0.496. The molecule has 0 radical (unpaired) electrons. The summed E-state index contributed by atoms with van der Waals surface area (Å²) < 4.78 is 10.5. The van der Waals surface area contributed by atoms with E-state index in [1.54, 1.807) is 0 Å². The number of rotatable bonds is 6. The summed E-state index contributed by atoms with van der Waals surface area (Å²) in [5.74, 6) is 6.68. The van der Waals surface area contributed by atoms with Gasteiger partial charge in [0.25, 0.3) is 0 Å². The van der Waals surface area contributed by atoms with Crippen LogP contribution in [0.1, 0.15) is 74.9 Å². The van der Waals surface area contributed by atoms with Crippen molar-refractivity contribution in [3.63, 3.8) is 0 Å². The fraction of sp³-hybridized carbons (Fsp3) is 0.667. The maximum absolute atomic E-state index is 12.5. The molecule has 1 saturated carbocycles. The number of amides is 1. The smallest absolute Gasteiger partial charge is 0.407 e. The Morgan fingerprint density at radius 2 is 1.76 bits per heavy atom. The van der Waals surface area contributed by atoms with Gasteiger partial charge in [0.2, 0.25) is 0 Å². The zero-order chi connectivity index (χ0) is 27.9. The fourth-order valence-corrected chi connectivity index (χ4v) is 5.12. The Labute approximate surface area is 228 Å². The van der Waals surface area contributed by atoms with Crippen LogP contribution < -0.4 is 10.6 Å². The van der Waals surface area contributed by atoms with Crippen LogP contribution in [0, 0.1) is 24.7 Å². The second kappa shape index (κ2) is 13.3. The third-order valence-electron chi connectivity index (χ3n) is 7.53. The van der Waals surface area contributed by atoms with Crippen molar-refractivity contribution in [1.29, 1.82) is 0 Å². The van der Waals surface area contributed by atoms with Crippen LogP contribution in [0.25, 0.3) is 0 Å². The average molecular weight is 527 g/mol. The van der Waals surface area contributed by atoms with Crippen LogP contribution in [0.4, 0.5) is 10.5 Å². The van der Waals surface area contributed by atoms with Crippen molar-refractivity contribution < 1.29 is 19.1 Å². The van der Waals surface area contributed by atoms with E-state index in [0.29, 0.717) is 11.5 Å². The average Bonchev–Trinajstić information content (AvgIpc) is 2.85. The van der Waals surface area contributed by atoms with E-state index in [9.17, 15) is 9.59 Å². The van der Waals surface area contributed by atoms with E-state index in [1.807, 2.05) is 39.8 Å². The number of alkyl carbamates (subject to hydrolysis) is 1. The number of anilines is 1. The van der Waals surface area contributed by atoms with Gasteiger partial charge >= 0.3 is 12.1 Å². The van der Waals surface area contributed by atoms with E-state index in [1.165, 1.54) is 7.11 Å². The number of hydrogen-bond acceptors (Lipinski definition) is 7. The molecule has 2 fully saturated rings. The van der Waals surface area contributed by atoms with Gasteiger partial charge in [-0.25, -0.2) is 9.59 Å². The number of ether oxygens (including phenoxy) is 2. The minimum Gasteiger partial charge on any atom is -0.465 e. The number of hydrogen-bond donors (Lipinski definition) is 2. The number of likely N-dealkylation sites (N-methyl/N-ethyl adjacent to an activating group) is 1. The van der Waals surface area contributed by atoms with E-state index in [-0.39, 0.29) is 24.1 Å². The quantitative estimate of drug-likeness (QED) is 0.423. The summed E-state index contributed by atoms with van der Waals surface area (Å²) >= 11 is 0. The number of nitrogens with zero attached hydrogens (tertiary/aromatic N) is 2. The first kappa shape index (κ1) is 29.8. The van der Waals surface area contributed by atoms with Crippen LogP contribution in [0.3, 0.4) is 0 Å². The molecule has 1 aromatic carbocycles. The molecular formula is C30H46N4O4. The van der Waals surface area contributed by atoms with Gasteiger partial charge in [0.15, 0.2) is 0 Å². The molecule has 38 heavy (non-hydrogen) atoms. The van der Waals surface area contributed by atoms with Crippen molar-refractivity contribution in [3.8, 4) is 11.8 Å². The van der Waals surface area contributed by atoms with Crippen molar-refractivity contribution in [2.75, 3.05) is 52.2 Å². The SMILES string of the molecule is COC(=O)c1cc(C#CCN2CCN(C)CC2)cc(NC(C)[C@H]2CC[C@H](NC(=O)OC(C)(C)C)CC2)c1C. The normalized spacial score (nSPS) is 21.6. The number of carbonyl (C=O) groups is 2. The predicted molar refractivity (Wildman–Crippen MR) is 152 cm³/mol. The summed E-state index contributed by atoms with van der Waals surface area (Å²) in [7, 11) is 3.55. The van der Waals surface area contributed by atoms with Crippen LogP contribution in [0.2, 0.25) is 0 Å². The standard InChI is InChI=1S/C30H46N4O4/c1-21-26(28(35)37-7)19-23(9-8-14-34-17-15-33(6)16-18-34)20-27(21)31-22(2)24-10-12-25(13-11-24)32-29(36)38-30(3,4)5/h19-20,22,24-25,31H,10-18H2,1-7H3,(H,32,36)/t22?,24-,25-. The van der Waals surface area contributed by atoms with Gasteiger partial charge in [-0.1, -0.05) is 11.8 Å². The largest absolute Gasteiger partial charge is 0.465 e. The molecular weight excluding hydrogens is 480 g/mol. The highest BCUT2D eigenvalue weighted by atomic mass is 16.6. The number of benzene rings is 1. The monoisotopic (exact) mass is 526 g/mol. The number of esters is 1. The minimum absolute atomic E-state index is 0.139. The molecule has 210 valence electrons. The number of carbonyl (C=O) groups excluding carboxylic acids is 2. The van der Waals surface area contributed by atoms with Crippen molar-refractivity contribution in [1.82, 2.24) is 15.1 Å². The second-order valence-corrected chi connectivity index (χ2v) is 11.8. The third-order valence-corrected chi connectivity index (χ3v) is 7.53. The third kappa shape index (κ3) is 8.92. The lowest BCUT2D eigenvalue weighted by Gasteiger charge is -2.34. The van der Waals surface area contributed by atoms with Crippen molar-refractivity contribution in [3.05, 3.63) is 28.8 Å². The maximum Gasteiger partial charge on any atom is 0.407 e. The fourth-order valence-electron chi connectivity index (χ4n) is 5.12. The predicted octanol–water partition coefficient (Wildman–Crippen LogP) is 4.26. The molecule has 1 aliphatic heterocycles. The van der Waals surface area contributed by atoms with Crippen LogP contribution in [0.15, 0.2) is 12.1 Å². The summed E-state index contributed by atoms with van der Waals surface area (Å²) in [4.78, 5) is 29.4. The van der Waals surface area contributed by atoms with Crippen LogP contribution in [-0.4, -0.2) is 86.4 Å². The van der Waals surface area contributed by atoms with Gasteiger partial charge in [0.05, 0.1) is 19.2 Å². The van der Waals surface area contributed by atoms with E-state index in [2.05, 4.69) is 46.2 Å². The van der Waals surface area contributed by atoms with Crippen LogP contribution in [-0.2, 0) is 9.47 Å². The molecule has 1 heterocycles. The number of methoxy groups -OCH3 is 1. The Hall–Kier alpha value is -2.76. The first-order valence-electron chi connectivity index (χ1n) is 13.8. The highest BCUT2D eigenvalue weighted by Crippen LogP contribution is 2.31. The highest BCUT2D eigenvalue weighted by Gasteiger charge is 2.28. The van der Waals surface area contributed by atoms with Crippen molar-refractivity contribution in [2.45, 2.75) is 78.0 Å². The molecule has 1 aliphatic carbocycles. The topological polar surface area (TPSA) is 83.1 Å². The molecule has 0 spiro atoms. The van der Waals surface area contributed by atoms with E-state index in [4.69, 9.17) is 9.47 Å². The lowest BCUT2D eigenvalue weighted by Crippen LogP contribution is -2.44. The van der Waals surface area contributed by atoms with Gasteiger partial charge in [-0.3, -0.25) is 4.90 Å². The van der Waals surface area contributed by atoms with Crippen molar-refractivity contribution >= 4 is 17.7 Å². The first-order valence-corrected chi connectivity index (χ1v) is 13.8. The zero-order valence-corrected chi connectivity index (χ0v) is 24.3. The Balaban J connectivity index is 1.64. The second-order valence-electron chi connectivity index (χ2n) is 11.8. The van der Waals surface area contributed by atoms with E-state index in [0.717, 1.165) is 75.2 Å². The Morgan fingerprint density at radius 1 is 1.11 bits per heavy atom. The molecule has 0 bridgehead atoms. The summed E-state index contributed by atoms with van der Waals surface area (Å²) in [5.41, 5.74) is 2.64. The van der Waals surface area contributed by atoms with Gasteiger partial charge in [0, 0.05) is 49.5 Å². The molecule has 1 amide bonds. The lowest BCUT2D eigenvalue weighted by molar-refractivity contribution is 0.0485. The molecule has 1 saturated heterocycles. The molecule has 2 aliphatic rings. The van der Waals surface area contributed by atoms with E-state index >= 15 is 0 Å². The number of piperazine rings is 1. The van der Waals surface area contributed by atoms with Gasteiger partial charge in [0.1, 0.15) is 5.60 Å². The molecule has 3 rings (SSSR count). The van der Waals surface area contributed by atoms with Crippen molar-refractivity contribution in [2.24, 2.45) is 5.92 Å². The summed E-state index contributed by atoms with van der Waals surface area (Å²) in [6.07, 6.45) is 3.49. The van der Waals surface area contributed by atoms with Crippen LogP contribution >= 0.6 is 0 Å². The van der Waals surface area contributed by atoms with Crippen LogP contribution in [0.5, 0.6) is 0 Å². The summed E-state index contributed by atoms with van der Waals surface area (Å²) in [6.45, 7) is 14.6. The molecule has 1 aromatic rings.